The minimum atomic E-state index is -0.470. The highest BCUT2D eigenvalue weighted by molar-refractivity contribution is 5.19. The highest BCUT2D eigenvalue weighted by Gasteiger charge is 2.25. The summed E-state index contributed by atoms with van der Waals surface area (Å²) in [6.45, 7) is 5.98. The van der Waals surface area contributed by atoms with Crippen LogP contribution < -0.4 is 5.32 Å². The Labute approximate surface area is 116 Å². The van der Waals surface area contributed by atoms with Crippen LogP contribution in [0.4, 0.5) is 0 Å². The van der Waals surface area contributed by atoms with Crippen molar-refractivity contribution >= 4 is 0 Å². The molecule has 1 aromatic carbocycles. The molecule has 0 radical (unpaired) electrons. The maximum absolute atomic E-state index is 10.5. The third-order valence-electron chi connectivity index (χ3n) is 3.80. The Morgan fingerprint density at radius 3 is 2.63 bits per heavy atom. The molecule has 1 aromatic rings. The van der Waals surface area contributed by atoms with E-state index in [1.165, 1.54) is 0 Å². The molecule has 2 rings (SSSR count). The largest absolute Gasteiger partial charge is 0.387 e. The van der Waals surface area contributed by atoms with Gasteiger partial charge < -0.3 is 15.2 Å². The number of ether oxygens (including phenoxy) is 1. The lowest BCUT2D eigenvalue weighted by Crippen LogP contribution is -2.42. The van der Waals surface area contributed by atoms with Crippen LogP contribution >= 0.6 is 0 Å². The van der Waals surface area contributed by atoms with Crippen LogP contribution in [0.5, 0.6) is 0 Å². The van der Waals surface area contributed by atoms with Crippen molar-refractivity contribution in [1.29, 1.82) is 0 Å². The number of hydrogen-bond acceptors (Lipinski definition) is 3. The van der Waals surface area contributed by atoms with E-state index in [1.54, 1.807) is 0 Å². The molecule has 3 atom stereocenters. The molecule has 0 aromatic heterocycles. The van der Waals surface area contributed by atoms with Crippen LogP contribution in [0, 0.1) is 5.92 Å². The summed E-state index contributed by atoms with van der Waals surface area (Å²) >= 11 is 0. The molecule has 3 heteroatoms. The normalized spacial score (nSPS) is 22.6. The van der Waals surface area contributed by atoms with E-state index in [1.807, 2.05) is 30.3 Å². The Hall–Kier alpha value is -0.900. The molecule has 19 heavy (non-hydrogen) atoms. The fraction of sp³-hybridized carbons (Fsp3) is 0.625. The number of benzene rings is 1. The van der Waals surface area contributed by atoms with Gasteiger partial charge in [-0.2, -0.15) is 0 Å². The standard InChI is InChI=1S/C16H25NO2/c1-12(2)15(17-11-14-9-6-10-19-14)16(18)13-7-4-3-5-8-13/h3-5,7-8,12,14-18H,6,9-11H2,1-2H3. The molecule has 3 unspecified atom stereocenters. The predicted octanol–water partition coefficient (Wildman–Crippen LogP) is 2.51. The molecular weight excluding hydrogens is 238 g/mol. The predicted molar refractivity (Wildman–Crippen MR) is 77.0 cm³/mol. The summed E-state index contributed by atoms with van der Waals surface area (Å²) in [5, 5.41) is 14.0. The van der Waals surface area contributed by atoms with Crippen molar-refractivity contribution in [3.8, 4) is 0 Å². The summed E-state index contributed by atoms with van der Waals surface area (Å²) in [5.74, 6) is 0.372. The van der Waals surface area contributed by atoms with Gasteiger partial charge in [-0.05, 0) is 24.3 Å². The molecule has 0 aliphatic carbocycles. The highest BCUT2D eigenvalue weighted by atomic mass is 16.5. The monoisotopic (exact) mass is 263 g/mol. The molecule has 0 saturated carbocycles. The lowest BCUT2D eigenvalue weighted by atomic mass is 9.93. The van der Waals surface area contributed by atoms with Gasteiger partial charge in [0.05, 0.1) is 12.2 Å². The van der Waals surface area contributed by atoms with Crippen molar-refractivity contribution in [2.24, 2.45) is 5.92 Å². The van der Waals surface area contributed by atoms with Gasteiger partial charge in [-0.3, -0.25) is 0 Å². The zero-order valence-electron chi connectivity index (χ0n) is 11.9. The molecular formula is C16H25NO2. The summed E-state index contributed by atoms with van der Waals surface area (Å²) in [6, 6.07) is 9.93. The van der Waals surface area contributed by atoms with Crippen molar-refractivity contribution in [3.63, 3.8) is 0 Å². The van der Waals surface area contributed by atoms with E-state index in [2.05, 4.69) is 19.2 Å². The molecule has 0 spiro atoms. The third kappa shape index (κ3) is 4.03. The maximum Gasteiger partial charge on any atom is 0.0945 e. The Morgan fingerprint density at radius 1 is 1.32 bits per heavy atom. The maximum atomic E-state index is 10.5. The molecule has 1 aliphatic heterocycles. The number of aliphatic hydroxyl groups is 1. The summed E-state index contributed by atoms with van der Waals surface area (Å²) in [4.78, 5) is 0. The van der Waals surface area contributed by atoms with Gasteiger partial charge in [-0.25, -0.2) is 0 Å². The molecule has 106 valence electrons. The van der Waals surface area contributed by atoms with Crippen molar-refractivity contribution in [2.75, 3.05) is 13.2 Å². The average Bonchev–Trinajstić information content (AvgIpc) is 2.92. The number of rotatable bonds is 6. The lowest BCUT2D eigenvalue weighted by Gasteiger charge is -2.29. The van der Waals surface area contributed by atoms with Crippen molar-refractivity contribution in [3.05, 3.63) is 35.9 Å². The van der Waals surface area contributed by atoms with Gasteiger partial charge in [0.2, 0.25) is 0 Å². The zero-order chi connectivity index (χ0) is 13.7. The summed E-state index contributed by atoms with van der Waals surface area (Å²) in [7, 11) is 0. The minimum Gasteiger partial charge on any atom is -0.387 e. The van der Waals surface area contributed by atoms with E-state index >= 15 is 0 Å². The number of aliphatic hydroxyl groups excluding tert-OH is 1. The molecule has 0 bridgehead atoms. The van der Waals surface area contributed by atoms with Crippen LogP contribution in [-0.4, -0.2) is 30.4 Å². The topological polar surface area (TPSA) is 41.5 Å². The number of nitrogens with one attached hydrogen (secondary N) is 1. The number of hydrogen-bond donors (Lipinski definition) is 2. The van der Waals surface area contributed by atoms with Gasteiger partial charge in [0.1, 0.15) is 0 Å². The van der Waals surface area contributed by atoms with E-state index in [0.717, 1.165) is 31.6 Å². The SMILES string of the molecule is CC(C)C(NCC1CCCO1)C(O)c1ccccc1. The molecule has 0 amide bonds. The third-order valence-corrected chi connectivity index (χ3v) is 3.80. The summed E-state index contributed by atoms with van der Waals surface area (Å²) in [6.07, 6.45) is 2.12. The van der Waals surface area contributed by atoms with Gasteiger partial charge >= 0.3 is 0 Å². The van der Waals surface area contributed by atoms with Crippen LogP contribution in [-0.2, 0) is 4.74 Å². The Kier molecular flexibility index (Phi) is 5.37. The van der Waals surface area contributed by atoms with Gasteiger partial charge in [0.15, 0.2) is 0 Å². The fourth-order valence-electron chi connectivity index (χ4n) is 2.64. The Balaban J connectivity index is 1.94. The van der Waals surface area contributed by atoms with Crippen LogP contribution in [0.1, 0.15) is 38.4 Å². The Bertz CT molecular complexity index is 360. The molecule has 1 aliphatic rings. The quantitative estimate of drug-likeness (QED) is 0.828. The molecule has 2 N–H and O–H groups in total. The molecule has 3 nitrogen and oxygen atoms in total. The van der Waals surface area contributed by atoms with Crippen LogP contribution in [0.25, 0.3) is 0 Å². The van der Waals surface area contributed by atoms with Crippen LogP contribution in [0.2, 0.25) is 0 Å². The fourth-order valence-corrected chi connectivity index (χ4v) is 2.64. The smallest absolute Gasteiger partial charge is 0.0945 e. The van der Waals surface area contributed by atoms with Gasteiger partial charge in [-0.15, -0.1) is 0 Å². The van der Waals surface area contributed by atoms with E-state index in [4.69, 9.17) is 4.74 Å². The van der Waals surface area contributed by atoms with E-state index in [-0.39, 0.29) is 6.04 Å². The van der Waals surface area contributed by atoms with Crippen molar-refractivity contribution in [1.82, 2.24) is 5.32 Å². The first-order valence-corrected chi connectivity index (χ1v) is 7.26. The summed E-state index contributed by atoms with van der Waals surface area (Å²) < 4.78 is 5.62. The minimum absolute atomic E-state index is 0.0617. The highest BCUT2D eigenvalue weighted by Crippen LogP contribution is 2.22. The van der Waals surface area contributed by atoms with Crippen LogP contribution in [0.3, 0.4) is 0 Å². The first-order valence-electron chi connectivity index (χ1n) is 7.26. The second kappa shape index (κ2) is 7.04. The zero-order valence-corrected chi connectivity index (χ0v) is 11.9. The van der Waals surface area contributed by atoms with Gasteiger partial charge in [-0.1, -0.05) is 44.2 Å². The Morgan fingerprint density at radius 2 is 2.05 bits per heavy atom. The first-order chi connectivity index (χ1) is 9.18. The second-order valence-electron chi connectivity index (χ2n) is 5.67. The van der Waals surface area contributed by atoms with Gasteiger partial charge in [0.25, 0.3) is 0 Å². The van der Waals surface area contributed by atoms with E-state index < -0.39 is 6.10 Å². The molecule has 1 heterocycles. The van der Waals surface area contributed by atoms with Gasteiger partial charge in [0, 0.05) is 19.2 Å². The lowest BCUT2D eigenvalue weighted by molar-refractivity contribution is 0.0755. The van der Waals surface area contributed by atoms with Crippen LogP contribution in [0.15, 0.2) is 30.3 Å². The van der Waals surface area contributed by atoms with E-state index in [0.29, 0.717) is 12.0 Å². The van der Waals surface area contributed by atoms with Crippen molar-refractivity contribution < 1.29 is 9.84 Å². The molecule has 1 fully saturated rings. The van der Waals surface area contributed by atoms with Crippen molar-refractivity contribution in [2.45, 2.75) is 44.9 Å². The first kappa shape index (κ1) is 14.5. The van der Waals surface area contributed by atoms with E-state index in [9.17, 15) is 5.11 Å². The summed E-state index contributed by atoms with van der Waals surface area (Å²) in [5.41, 5.74) is 0.973. The molecule has 1 saturated heterocycles. The average molecular weight is 263 g/mol. The second-order valence-corrected chi connectivity index (χ2v) is 5.67.